The molecule has 136 valence electrons. The van der Waals surface area contributed by atoms with Crippen molar-refractivity contribution in [3.05, 3.63) is 21.3 Å². The number of hydrogen-bond donors (Lipinski definition) is 2. The zero-order valence-electron chi connectivity index (χ0n) is 14.1. The van der Waals surface area contributed by atoms with Gasteiger partial charge in [-0.25, -0.2) is 9.78 Å². The predicted molar refractivity (Wildman–Crippen MR) is 102 cm³/mol. The van der Waals surface area contributed by atoms with Crippen LogP contribution in [-0.2, 0) is 9.53 Å². The number of aromatic nitrogens is 2. The van der Waals surface area contributed by atoms with Crippen molar-refractivity contribution < 1.29 is 19.0 Å². The van der Waals surface area contributed by atoms with E-state index in [1.165, 1.54) is 7.11 Å². The topological polar surface area (TPSA) is 146 Å². The number of esters is 1. The van der Waals surface area contributed by atoms with Crippen LogP contribution in [0, 0.1) is 14.9 Å². The molecule has 10 heteroatoms. The average molecular weight is 469 g/mol. The highest BCUT2D eigenvalue weighted by Crippen LogP contribution is 2.38. The number of methoxy groups -OCH3 is 1. The smallest absolute Gasteiger partial charge is 0.344 e. The Balaban J connectivity index is 2.47. The van der Waals surface area contributed by atoms with Crippen molar-refractivity contribution in [2.75, 3.05) is 31.8 Å². The molecule has 0 bridgehead atoms. The summed E-state index contributed by atoms with van der Waals surface area (Å²) in [6.07, 6.45) is 0. The molecular formula is C16H16IN5O4. The Bertz CT molecular complexity index is 882. The number of carbonyl (C=O) groups excluding carboxylic acids is 1. The molecule has 2 aromatic rings. The van der Waals surface area contributed by atoms with Gasteiger partial charge >= 0.3 is 5.97 Å². The first-order valence-corrected chi connectivity index (χ1v) is 8.48. The van der Waals surface area contributed by atoms with Gasteiger partial charge in [-0.15, -0.1) is 0 Å². The number of carbonyl (C=O) groups is 1. The molecule has 0 spiro atoms. The van der Waals surface area contributed by atoms with E-state index in [0.717, 1.165) is 0 Å². The SMILES string of the molecule is CCOC(=O)COc1c(I)cc(-c2nc(N)nc(N)c2C#N)cc1OC. The number of nitrogens with zero attached hydrogens (tertiary/aromatic N) is 3. The maximum Gasteiger partial charge on any atom is 0.344 e. The number of halogens is 1. The lowest BCUT2D eigenvalue weighted by Gasteiger charge is -2.14. The second kappa shape index (κ2) is 8.52. The molecule has 2 rings (SSSR count). The monoisotopic (exact) mass is 469 g/mol. The van der Waals surface area contributed by atoms with Crippen molar-refractivity contribution in [2.45, 2.75) is 6.92 Å². The first kappa shape index (κ1) is 19.5. The molecule has 0 saturated heterocycles. The van der Waals surface area contributed by atoms with Gasteiger partial charge in [-0.2, -0.15) is 10.2 Å². The number of nitrogen functional groups attached to an aromatic ring is 2. The molecule has 0 aliphatic rings. The van der Waals surface area contributed by atoms with Crippen molar-refractivity contribution >= 4 is 40.3 Å². The molecule has 0 atom stereocenters. The van der Waals surface area contributed by atoms with E-state index in [2.05, 4.69) is 9.97 Å². The Hall–Kier alpha value is -2.81. The molecule has 0 aliphatic heterocycles. The zero-order chi connectivity index (χ0) is 19.3. The molecule has 0 aliphatic carbocycles. The Morgan fingerprint density at radius 1 is 1.35 bits per heavy atom. The van der Waals surface area contributed by atoms with Crippen LogP contribution in [0.5, 0.6) is 11.5 Å². The summed E-state index contributed by atoms with van der Waals surface area (Å²) in [6.45, 7) is 1.72. The van der Waals surface area contributed by atoms with Crippen LogP contribution in [0.25, 0.3) is 11.3 Å². The van der Waals surface area contributed by atoms with Crippen LogP contribution in [0.1, 0.15) is 12.5 Å². The summed E-state index contributed by atoms with van der Waals surface area (Å²) >= 11 is 2.03. The Labute approximate surface area is 163 Å². The second-order valence-electron chi connectivity index (χ2n) is 4.89. The van der Waals surface area contributed by atoms with E-state index in [0.29, 0.717) is 20.6 Å². The molecule has 0 radical (unpaired) electrons. The molecule has 0 amide bonds. The van der Waals surface area contributed by atoms with Gasteiger partial charge < -0.3 is 25.7 Å². The van der Waals surface area contributed by atoms with Crippen LogP contribution in [0.4, 0.5) is 11.8 Å². The van der Waals surface area contributed by atoms with E-state index in [9.17, 15) is 10.1 Å². The third kappa shape index (κ3) is 4.23. The maximum absolute atomic E-state index is 11.5. The number of nitriles is 1. The minimum Gasteiger partial charge on any atom is -0.493 e. The van der Waals surface area contributed by atoms with Crippen LogP contribution in [0.15, 0.2) is 12.1 Å². The fraction of sp³-hybridized carbons (Fsp3) is 0.250. The quantitative estimate of drug-likeness (QED) is 0.477. The van der Waals surface area contributed by atoms with E-state index >= 15 is 0 Å². The Kier molecular flexibility index (Phi) is 6.40. The van der Waals surface area contributed by atoms with Crippen LogP contribution in [-0.4, -0.2) is 36.3 Å². The van der Waals surface area contributed by atoms with Gasteiger partial charge in [0, 0.05) is 5.56 Å². The van der Waals surface area contributed by atoms with Crippen LogP contribution < -0.4 is 20.9 Å². The number of anilines is 2. The van der Waals surface area contributed by atoms with Gasteiger partial charge in [0.25, 0.3) is 0 Å². The van der Waals surface area contributed by atoms with E-state index in [-0.39, 0.29) is 36.2 Å². The Morgan fingerprint density at radius 3 is 2.69 bits per heavy atom. The minimum absolute atomic E-state index is 0.00777. The molecule has 1 aromatic heterocycles. The molecule has 1 aromatic carbocycles. The van der Waals surface area contributed by atoms with Crippen molar-refractivity contribution in [3.8, 4) is 28.8 Å². The van der Waals surface area contributed by atoms with E-state index in [1.807, 2.05) is 28.7 Å². The largest absolute Gasteiger partial charge is 0.493 e. The minimum atomic E-state index is -0.488. The maximum atomic E-state index is 11.5. The second-order valence-corrected chi connectivity index (χ2v) is 6.05. The van der Waals surface area contributed by atoms with Gasteiger partial charge in [-0.1, -0.05) is 0 Å². The molecule has 9 nitrogen and oxygen atoms in total. The number of nitrogens with two attached hydrogens (primary N) is 2. The number of benzene rings is 1. The van der Waals surface area contributed by atoms with Gasteiger partial charge in [-0.3, -0.25) is 0 Å². The van der Waals surface area contributed by atoms with E-state index < -0.39 is 5.97 Å². The molecule has 0 saturated carbocycles. The van der Waals surface area contributed by atoms with Gasteiger partial charge in [0.05, 0.1) is 23.0 Å². The lowest BCUT2D eigenvalue weighted by atomic mass is 10.1. The molecule has 1 heterocycles. The van der Waals surface area contributed by atoms with Gasteiger partial charge in [0.15, 0.2) is 18.1 Å². The van der Waals surface area contributed by atoms with Crippen molar-refractivity contribution in [1.82, 2.24) is 9.97 Å². The fourth-order valence-corrected chi connectivity index (χ4v) is 2.90. The third-order valence-corrected chi connectivity index (χ3v) is 4.01. The van der Waals surface area contributed by atoms with Gasteiger partial charge in [0.2, 0.25) is 5.95 Å². The fourth-order valence-electron chi connectivity index (χ4n) is 2.15. The normalized spacial score (nSPS) is 10.1. The van der Waals surface area contributed by atoms with Crippen LogP contribution >= 0.6 is 22.6 Å². The highest BCUT2D eigenvalue weighted by atomic mass is 127. The van der Waals surface area contributed by atoms with Crippen molar-refractivity contribution in [1.29, 1.82) is 5.26 Å². The standard InChI is InChI=1S/C16H16IN5O4/c1-3-25-12(23)7-26-14-10(17)4-8(5-11(14)24-2)13-9(6-18)15(19)22-16(20)21-13/h4-5H,3,7H2,1-2H3,(H4,19,20,21,22). The highest BCUT2D eigenvalue weighted by Gasteiger charge is 2.19. The summed E-state index contributed by atoms with van der Waals surface area (Å²) in [7, 11) is 1.46. The lowest BCUT2D eigenvalue weighted by molar-refractivity contribution is -0.145. The van der Waals surface area contributed by atoms with Crippen LogP contribution in [0.2, 0.25) is 0 Å². The summed E-state index contributed by atoms with van der Waals surface area (Å²) in [5.74, 6) is 0.187. The lowest BCUT2D eigenvalue weighted by Crippen LogP contribution is -2.15. The molecular weight excluding hydrogens is 453 g/mol. The first-order chi connectivity index (χ1) is 12.4. The third-order valence-electron chi connectivity index (χ3n) is 3.21. The number of ether oxygens (including phenoxy) is 3. The summed E-state index contributed by atoms with van der Waals surface area (Å²) in [4.78, 5) is 19.4. The summed E-state index contributed by atoms with van der Waals surface area (Å²) < 4.78 is 16.3. The summed E-state index contributed by atoms with van der Waals surface area (Å²) in [5.41, 5.74) is 12.3. The predicted octanol–water partition coefficient (Wildman–Crippen LogP) is 1.73. The molecule has 4 N–H and O–H groups in total. The zero-order valence-corrected chi connectivity index (χ0v) is 16.2. The molecule has 26 heavy (non-hydrogen) atoms. The van der Waals surface area contributed by atoms with E-state index in [1.54, 1.807) is 19.1 Å². The molecule has 0 unspecified atom stereocenters. The number of rotatable bonds is 6. The van der Waals surface area contributed by atoms with Gasteiger partial charge in [0.1, 0.15) is 17.5 Å². The van der Waals surface area contributed by atoms with Crippen LogP contribution in [0.3, 0.4) is 0 Å². The highest BCUT2D eigenvalue weighted by molar-refractivity contribution is 14.1. The Morgan fingerprint density at radius 2 is 2.08 bits per heavy atom. The first-order valence-electron chi connectivity index (χ1n) is 7.40. The summed E-state index contributed by atoms with van der Waals surface area (Å²) in [5, 5.41) is 9.34. The average Bonchev–Trinajstić information content (AvgIpc) is 2.59. The van der Waals surface area contributed by atoms with Gasteiger partial charge in [-0.05, 0) is 41.6 Å². The van der Waals surface area contributed by atoms with E-state index in [4.69, 9.17) is 25.7 Å². The van der Waals surface area contributed by atoms with Crippen molar-refractivity contribution in [2.24, 2.45) is 0 Å². The molecule has 0 fully saturated rings. The number of hydrogen-bond acceptors (Lipinski definition) is 9. The van der Waals surface area contributed by atoms with Crippen molar-refractivity contribution in [3.63, 3.8) is 0 Å². The summed E-state index contributed by atoms with van der Waals surface area (Å²) in [6, 6.07) is 5.30.